The fourth-order valence-corrected chi connectivity index (χ4v) is 9.18. The molecule has 0 aliphatic rings. The molecule has 0 bridgehead atoms. The maximum Gasteiger partial charge on any atom is 0.140 e. The van der Waals surface area contributed by atoms with Crippen LogP contribution in [-0.2, 0) is 0 Å². The minimum absolute atomic E-state index is 0.865. The van der Waals surface area contributed by atoms with E-state index in [4.69, 9.17) is 4.98 Å². The molecular formula is C53H34N4. The van der Waals surface area contributed by atoms with Gasteiger partial charge in [-0.1, -0.05) is 146 Å². The van der Waals surface area contributed by atoms with E-state index < -0.39 is 0 Å². The lowest BCUT2D eigenvalue weighted by Gasteiger charge is -2.15. The molecule has 0 radical (unpaired) electrons. The first-order valence-corrected chi connectivity index (χ1v) is 19.5. The van der Waals surface area contributed by atoms with Crippen LogP contribution in [0, 0.1) is 0 Å². The largest absolute Gasteiger partial charge is 0.309 e. The Morgan fingerprint density at radius 1 is 0.281 bits per heavy atom. The molecule has 4 heteroatoms. The standard InChI is InChI=1S/C53H34N4/c1-3-16-35(17-4-1)36-18-15-19-37(32-36)38-33-50(56-45-26-11-7-22-40(45)41-23-8-12-27-46(41)56)54-51(34-38)57-47-28-13-9-24-42(47)43-30-31-49-52(53(43)57)44-25-10-14-29-48(44)55(49)39-20-5-2-6-21-39/h1-34H. The van der Waals surface area contributed by atoms with E-state index in [1.54, 1.807) is 0 Å². The summed E-state index contributed by atoms with van der Waals surface area (Å²) in [6.07, 6.45) is 0. The van der Waals surface area contributed by atoms with Gasteiger partial charge in [-0.25, -0.2) is 4.98 Å². The molecule has 12 aromatic rings. The van der Waals surface area contributed by atoms with E-state index in [1.165, 1.54) is 49.0 Å². The summed E-state index contributed by atoms with van der Waals surface area (Å²) >= 11 is 0. The molecule has 0 spiro atoms. The summed E-state index contributed by atoms with van der Waals surface area (Å²) in [5.74, 6) is 1.74. The molecule has 0 saturated heterocycles. The third kappa shape index (κ3) is 4.77. The van der Waals surface area contributed by atoms with E-state index in [1.807, 2.05) is 0 Å². The molecule has 57 heavy (non-hydrogen) atoms. The van der Waals surface area contributed by atoms with Gasteiger partial charge in [0.05, 0.1) is 33.1 Å². The molecule has 266 valence electrons. The Balaban J connectivity index is 1.22. The van der Waals surface area contributed by atoms with Gasteiger partial charge in [-0.3, -0.25) is 9.13 Å². The number of rotatable bonds is 5. The van der Waals surface area contributed by atoms with Crippen LogP contribution in [0.1, 0.15) is 0 Å². The zero-order chi connectivity index (χ0) is 37.5. The van der Waals surface area contributed by atoms with Crippen LogP contribution in [0.25, 0.3) is 105 Å². The number of para-hydroxylation sites is 5. The lowest BCUT2D eigenvalue weighted by atomic mass is 9.99. The van der Waals surface area contributed by atoms with Crippen LogP contribution in [0.4, 0.5) is 0 Å². The number of hydrogen-bond donors (Lipinski definition) is 0. The van der Waals surface area contributed by atoms with E-state index in [0.717, 1.165) is 56.0 Å². The first-order valence-electron chi connectivity index (χ1n) is 19.5. The third-order valence-corrected chi connectivity index (χ3v) is 11.6. The van der Waals surface area contributed by atoms with Gasteiger partial charge >= 0.3 is 0 Å². The van der Waals surface area contributed by atoms with Gasteiger partial charge in [0.25, 0.3) is 0 Å². The Bertz CT molecular complexity index is 3460. The lowest BCUT2D eigenvalue weighted by Crippen LogP contribution is -2.04. The van der Waals surface area contributed by atoms with Gasteiger partial charge < -0.3 is 4.57 Å². The molecule has 4 nitrogen and oxygen atoms in total. The summed E-state index contributed by atoms with van der Waals surface area (Å²) in [4.78, 5) is 5.70. The zero-order valence-electron chi connectivity index (χ0n) is 30.9. The maximum atomic E-state index is 5.70. The van der Waals surface area contributed by atoms with Gasteiger partial charge in [0.2, 0.25) is 0 Å². The van der Waals surface area contributed by atoms with Crippen molar-refractivity contribution < 1.29 is 0 Å². The Labute approximate surface area is 328 Å². The van der Waals surface area contributed by atoms with Crippen LogP contribution in [0.2, 0.25) is 0 Å². The summed E-state index contributed by atoms with van der Waals surface area (Å²) in [7, 11) is 0. The van der Waals surface area contributed by atoms with Gasteiger partial charge in [0, 0.05) is 38.0 Å². The molecule has 0 atom stereocenters. The van der Waals surface area contributed by atoms with E-state index >= 15 is 0 Å². The third-order valence-electron chi connectivity index (χ3n) is 11.6. The first kappa shape index (κ1) is 31.6. The van der Waals surface area contributed by atoms with Gasteiger partial charge in [0.1, 0.15) is 11.6 Å². The van der Waals surface area contributed by atoms with Crippen LogP contribution in [-0.4, -0.2) is 18.7 Å². The SMILES string of the molecule is c1ccc(-c2cccc(-c3cc(-n4c5ccccc5c5ccccc54)nc(-n4c5ccccc5c5ccc6c(c7ccccc7n6-c6ccccc6)c54)c3)c2)cc1. The predicted molar refractivity (Wildman–Crippen MR) is 238 cm³/mol. The second-order valence-electron chi connectivity index (χ2n) is 14.8. The number of benzene rings is 8. The van der Waals surface area contributed by atoms with Crippen molar-refractivity contribution in [2.24, 2.45) is 0 Å². The van der Waals surface area contributed by atoms with E-state index in [2.05, 4.69) is 220 Å². The van der Waals surface area contributed by atoms with Crippen molar-refractivity contribution in [3.8, 4) is 39.6 Å². The number of pyridine rings is 1. The van der Waals surface area contributed by atoms with Crippen LogP contribution < -0.4 is 0 Å². The molecule has 0 amide bonds. The van der Waals surface area contributed by atoms with Crippen molar-refractivity contribution in [1.29, 1.82) is 0 Å². The molecule has 0 unspecified atom stereocenters. The molecule has 8 aromatic carbocycles. The van der Waals surface area contributed by atoms with Gasteiger partial charge in [0.15, 0.2) is 0 Å². The lowest BCUT2D eigenvalue weighted by molar-refractivity contribution is 1.02. The highest BCUT2D eigenvalue weighted by molar-refractivity contribution is 6.26. The van der Waals surface area contributed by atoms with Crippen molar-refractivity contribution in [2.45, 2.75) is 0 Å². The Hall–Kier alpha value is -7.69. The fraction of sp³-hybridized carbons (Fsp3) is 0. The number of aromatic nitrogens is 4. The highest BCUT2D eigenvalue weighted by Gasteiger charge is 2.23. The molecule has 12 rings (SSSR count). The van der Waals surface area contributed by atoms with Gasteiger partial charge in [-0.05, 0) is 82.9 Å². The van der Waals surface area contributed by atoms with E-state index in [0.29, 0.717) is 0 Å². The number of fused-ring (bicyclic) bond motifs is 10. The van der Waals surface area contributed by atoms with Crippen molar-refractivity contribution in [1.82, 2.24) is 18.7 Å². The van der Waals surface area contributed by atoms with Crippen LogP contribution >= 0.6 is 0 Å². The molecular weight excluding hydrogens is 693 g/mol. The Morgan fingerprint density at radius 2 is 0.754 bits per heavy atom. The van der Waals surface area contributed by atoms with E-state index in [9.17, 15) is 0 Å². The van der Waals surface area contributed by atoms with Crippen LogP contribution in [0.3, 0.4) is 0 Å². The topological polar surface area (TPSA) is 27.7 Å². The molecule has 0 aliphatic carbocycles. The average molecular weight is 727 g/mol. The molecule has 0 fully saturated rings. The van der Waals surface area contributed by atoms with Crippen molar-refractivity contribution in [3.63, 3.8) is 0 Å². The molecule has 4 heterocycles. The monoisotopic (exact) mass is 726 g/mol. The molecule has 4 aromatic heterocycles. The van der Waals surface area contributed by atoms with Gasteiger partial charge in [-0.2, -0.15) is 0 Å². The second-order valence-corrected chi connectivity index (χ2v) is 14.8. The van der Waals surface area contributed by atoms with Crippen molar-refractivity contribution in [2.75, 3.05) is 0 Å². The zero-order valence-corrected chi connectivity index (χ0v) is 30.9. The van der Waals surface area contributed by atoms with E-state index in [-0.39, 0.29) is 0 Å². The normalized spacial score (nSPS) is 11.9. The summed E-state index contributed by atoms with van der Waals surface area (Å²) in [5.41, 5.74) is 12.6. The highest BCUT2D eigenvalue weighted by Crippen LogP contribution is 2.43. The minimum Gasteiger partial charge on any atom is -0.309 e. The quantitative estimate of drug-likeness (QED) is 0.174. The number of nitrogens with zero attached hydrogens (tertiary/aromatic N) is 4. The summed E-state index contributed by atoms with van der Waals surface area (Å²) < 4.78 is 7.15. The highest BCUT2D eigenvalue weighted by atomic mass is 15.1. The molecule has 0 saturated carbocycles. The van der Waals surface area contributed by atoms with Crippen LogP contribution in [0.15, 0.2) is 206 Å². The molecule has 0 N–H and O–H groups in total. The van der Waals surface area contributed by atoms with Crippen LogP contribution in [0.5, 0.6) is 0 Å². The minimum atomic E-state index is 0.865. The van der Waals surface area contributed by atoms with Gasteiger partial charge in [-0.15, -0.1) is 0 Å². The summed E-state index contributed by atoms with van der Waals surface area (Å²) in [6.45, 7) is 0. The van der Waals surface area contributed by atoms with Crippen molar-refractivity contribution in [3.05, 3.63) is 206 Å². The number of hydrogen-bond acceptors (Lipinski definition) is 1. The Morgan fingerprint density at radius 3 is 1.40 bits per heavy atom. The second kappa shape index (κ2) is 12.4. The van der Waals surface area contributed by atoms with Crippen molar-refractivity contribution >= 4 is 65.4 Å². The summed E-state index contributed by atoms with van der Waals surface area (Å²) in [6, 6.07) is 74.3. The smallest absolute Gasteiger partial charge is 0.140 e. The summed E-state index contributed by atoms with van der Waals surface area (Å²) in [5, 5.41) is 7.23. The molecule has 0 aliphatic heterocycles. The fourth-order valence-electron chi connectivity index (χ4n) is 9.18. The average Bonchev–Trinajstić information content (AvgIpc) is 3.93. The Kier molecular flexibility index (Phi) is 6.89. The maximum absolute atomic E-state index is 5.70. The predicted octanol–water partition coefficient (Wildman–Crippen LogP) is 13.7. The first-order chi connectivity index (χ1) is 28.3.